The van der Waals surface area contributed by atoms with Crippen LogP contribution in [0.1, 0.15) is 6.92 Å². The van der Waals surface area contributed by atoms with E-state index < -0.39 is 5.97 Å². The molecule has 0 aliphatic carbocycles. The molecule has 2 aromatic rings. The van der Waals surface area contributed by atoms with Crippen molar-refractivity contribution < 1.29 is 14.3 Å². The molecule has 5 nitrogen and oxygen atoms in total. The zero-order chi connectivity index (χ0) is 11.4. The molecule has 1 N–H and O–H groups in total. The lowest BCUT2D eigenvalue weighted by Crippen LogP contribution is -2.14. The molecule has 0 aliphatic heterocycles. The zero-order valence-corrected chi connectivity index (χ0v) is 8.90. The van der Waals surface area contributed by atoms with Gasteiger partial charge in [-0.2, -0.15) is 0 Å². The van der Waals surface area contributed by atoms with Crippen LogP contribution in [0.15, 0.2) is 24.3 Å². The summed E-state index contributed by atoms with van der Waals surface area (Å²) in [6.45, 7) is 1.98. The molecule has 16 heavy (non-hydrogen) atoms. The minimum atomic E-state index is -0.394. The molecule has 0 saturated heterocycles. The van der Waals surface area contributed by atoms with Gasteiger partial charge in [0, 0.05) is 0 Å². The predicted octanol–water partition coefficient (Wildman–Crippen LogP) is 1.50. The number of benzene rings is 1. The normalized spacial score (nSPS) is 10.3. The summed E-state index contributed by atoms with van der Waals surface area (Å²) in [5.74, 6) is 0.0261. The van der Waals surface area contributed by atoms with Crippen LogP contribution in [0.3, 0.4) is 0 Å². The molecule has 0 bridgehead atoms. The Labute approximate surface area is 92.4 Å². The third-order valence-corrected chi connectivity index (χ3v) is 2.07. The molecule has 0 amide bonds. The van der Waals surface area contributed by atoms with Gasteiger partial charge in [-0.15, -0.1) is 5.10 Å². The first-order chi connectivity index (χ1) is 7.81. The molecule has 0 atom stereocenters. The van der Waals surface area contributed by atoms with Gasteiger partial charge >= 0.3 is 5.97 Å². The number of hydrogen-bond acceptors (Lipinski definition) is 4. The second-order valence-corrected chi connectivity index (χ2v) is 3.17. The second kappa shape index (κ2) is 4.65. The lowest BCUT2D eigenvalue weighted by molar-refractivity contribution is -0.145. The van der Waals surface area contributed by atoms with Gasteiger partial charge in [-0.1, -0.05) is 12.1 Å². The summed E-state index contributed by atoms with van der Waals surface area (Å²) in [4.78, 5) is 11.1. The van der Waals surface area contributed by atoms with Crippen LogP contribution < -0.4 is 4.74 Å². The summed E-state index contributed by atoms with van der Waals surface area (Å²) in [5, 5.41) is 7.64. The maximum Gasteiger partial charge on any atom is 0.344 e. The van der Waals surface area contributed by atoms with Crippen molar-refractivity contribution in [2.45, 2.75) is 6.92 Å². The summed E-state index contributed by atoms with van der Waals surface area (Å²) >= 11 is 0. The Morgan fingerprint density at radius 3 is 3.06 bits per heavy atom. The summed E-state index contributed by atoms with van der Waals surface area (Å²) in [6.07, 6.45) is 0. The van der Waals surface area contributed by atoms with Crippen molar-refractivity contribution in [1.82, 2.24) is 10.2 Å². The Morgan fingerprint density at radius 2 is 2.25 bits per heavy atom. The van der Waals surface area contributed by atoms with Crippen molar-refractivity contribution in [3.05, 3.63) is 24.3 Å². The van der Waals surface area contributed by atoms with Gasteiger partial charge in [-0.3, -0.25) is 5.10 Å². The summed E-state index contributed by atoms with van der Waals surface area (Å²) in [7, 11) is 0. The van der Waals surface area contributed by atoms with E-state index in [-0.39, 0.29) is 6.61 Å². The van der Waals surface area contributed by atoms with Crippen molar-refractivity contribution >= 4 is 16.9 Å². The lowest BCUT2D eigenvalue weighted by atomic mass is 10.2. The van der Waals surface area contributed by atoms with E-state index in [9.17, 15) is 4.79 Å². The van der Waals surface area contributed by atoms with Crippen LogP contribution >= 0.6 is 0 Å². The molecule has 0 spiro atoms. The Bertz CT molecular complexity index is 493. The fourth-order valence-corrected chi connectivity index (χ4v) is 1.38. The number of nitrogens with zero attached hydrogens (tertiary/aromatic N) is 1. The second-order valence-electron chi connectivity index (χ2n) is 3.17. The first-order valence-corrected chi connectivity index (χ1v) is 5.02. The number of ether oxygens (including phenoxy) is 2. The van der Waals surface area contributed by atoms with Crippen LogP contribution in [0.25, 0.3) is 10.9 Å². The van der Waals surface area contributed by atoms with Crippen LogP contribution in [-0.4, -0.2) is 29.4 Å². The number of para-hydroxylation sites is 1. The first kappa shape index (κ1) is 10.5. The third-order valence-electron chi connectivity index (χ3n) is 2.07. The fourth-order valence-electron chi connectivity index (χ4n) is 1.38. The number of carbonyl (C=O) groups is 1. The minimum Gasteiger partial charge on any atom is -0.464 e. The molecule has 0 unspecified atom stereocenters. The Kier molecular flexibility index (Phi) is 3.05. The number of H-pyrrole nitrogens is 1. The minimum absolute atomic E-state index is 0.122. The highest BCUT2D eigenvalue weighted by atomic mass is 16.6. The van der Waals surface area contributed by atoms with Crippen LogP contribution in [0.4, 0.5) is 0 Å². The average Bonchev–Trinajstić information content (AvgIpc) is 2.70. The fraction of sp³-hybridized carbons (Fsp3) is 0.273. The van der Waals surface area contributed by atoms with Gasteiger partial charge in [0.2, 0.25) is 5.88 Å². The number of carbonyl (C=O) groups excluding carboxylic acids is 1. The van der Waals surface area contributed by atoms with Crippen molar-refractivity contribution in [3.63, 3.8) is 0 Å². The molecule has 5 heteroatoms. The van der Waals surface area contributed by atoms with Gasteiger partial charge in [0.1, 0.15) is 0 Å². The summed E-state index contributed by atoms with van der Waals surface area (Å²) < 4.78 is 10.0. The molecule has 1 heterocycles. The number of fused-ring (bicyclic) bond motifs is 1. The van der Waals surface area contributed by atoms with E-state index in [0.29, 0.717) is 12.5 Å². The molecule has 1 aromatic heterocycles. The van der Waals surface area contributed by atoms with Gasteiger partial charge in [-0.25, -0.2) is 4.79 Å². The van der Waals surface area contributed by atoms with Gasteiger partial charge in [0.25, 0.3) is 0 Å². The van der Waals surface area contributed by atoms with Crippen molar-refractivity contribution in [2.75, 3.05) is 13.2 Å². The molecular formula is C11H12N2O3. The molecule has 1 aromatic carbocycles. The standard InChI is InChI=1S/C11H12N2O3/c1-2-15-10(14)7-16-11-8-5-3-4-6-9(8)12-13-11/h3-6H,2,7H2,1H3,(H,12,13). The summed E-state index contributed by atoms with van der Waals surface area (Å²) in [6, 6.07) is 7.55. The molecule has 2 rings (SSSR count). The smallest absolute Gasteiger partial charge is 0.344 e. The Hall–Kier alpha value is -2.04. The lowest BCUT2D eigenvalue weighted by Gasteiger charge is -2.02. The highest BCUT2D eigenvalue weighted by Crippen LogP contribution is 2.21. The van der Waals surface area contributed by atoms with E-state index in [4.69, 9.17) is 9.47 Å². The number of esters is 1. The number of rotatable bonds is 4. The van der Waals surface area contributed by atoms with E-state index in [1.54, 1.807) is 6.92 Å². The number of hydrogen-bond donors (Lipinski definition) is 1. The Morgan fingerprint density at radius 1 is 1.44 bits per heavy atom. The third kappa shape index (κ3) is 2.13. The molecule has 0 saturated carbocycles. The SMILES string of the molecule is CCOC(=O)COc1n[nH]c2ccccc12. The average molecular weight is 220 g/mol. The van der Waals surface area contributed by atoms with Crippen molar-refractivity contribution in [1.29, 1.82) is 0 Å². The maximum absolute atomic E-state index is 11.1. The van der Waals surface area contributed by atoms with Crippen LogP contribution in [0, 0.1) is 0 Å². The largest absolute Gasteiger partial charge is 0.464 e. The van der Waals surface area contributed by atoms with E-state index in [0.717, 1.165) is 10.9 Å². The molecule has 84 valence electrons. The molecule has 0 fully saturated rings. The van der Waals surface area contributed by atoms with Crippen LogP contribution in [0.2, 0.25) is 0 Å². The monoisotopic (exact) mass is 220 g/mol. The molecule has 0 aliphatic rings. The first-order valence-electron chi connectivity index (χ1n) is 5.02. The number of aromatic amines is 1. The summed E-state index contributed by atoms with van der Waals surface area (Å²) in [5.41, 5.74) is 0.876. The number of nitrogens with one attached hydrogen (secondary N) is 1. The highest BCUT2D eigenvalue weighted by molar-refractivity contribution is 5.84. The van der Waals surface area contributed by atoms with Gasteiger partial charge in [0.05, 0.1) is 17.5 Å². The maximum atomic E-state index is 11.1. The van der Waals surface area contributed by atoms with Crippen LogP contribution in [-0.2, 0) is 9.53 Å². The van der Waals surface area contributed by atoms with Gasteiger partial charge in [0.15, 0.2) is 6.61 Å². The highest BCUT2D eigenvalue weighted by Gasteiger charge is 2.08. The zero-order valence-electron chi connectivity index (χ0n) is 8.90. The van der Waals surface area contributed by atoms with E-state index in [2.05, 4.69) is 10.2 Å². The van der Waals surface area contributed by atoms with E-state index >= 15 is 0 Å². The quantitative estimate of drug-likeness (QED) is 0.793. The number of aromatic nitrogens is 2. The Balaban J connectivity index is 2.07. The van der Waals surface area contributed by atoms with Crippen molar-refractivity contribution in [2.24, 2.45) is 0 Å². The predicted molar refractivity (Wildman–Crippen MR) is 58.2 cm³/mol. The van der Waals surface area contributed by atoms with Crippen molar-refractivity contribution in [3.8, 4) is 5.88 Å². The van der Waals surface area contributed by atoms with E-state index in [1.165, 1.54) is 0 Å². The van der Waals surface area contributed by atoms with Gasteiger partial charge in [-0.05, 0) is 19.1 Å². The molecular weight excluding hydrogens is 208 g/mol. The van der Waals surface area contributed by atoms with Gasteiger partial charge < -0.3 is 9.47 Å². The molecule has 0 radical (unpaired) electrons. The van der Waals surface area contributed by atoms with E-state index in [1.807, 2.05) is 24.3 Å². The van der Waals surface area contributed by atoms with Crippen LogP contribution in [0.5, 0.6) is 5.88 Å². The topological polar surface area (TPSA) is 64.2 Å².